The second-order valence-corrected chi connectivity index (χ2v) is 3.88. The molecule has 0 aliphatic rings. The van der Waals surface area contributed by atoms with Crippen molar-refractivity contribution in [2.75, 3.05) is 0 Å². The van der Waals surface area contributed by atoms with E-state index in [4.69, 9.17) is 0 Å². The molecule has 0 N–H and O–H groups in total. The van der Waals surface area contributed by atoms with Crippen LogP contribution in [0.3, 0.4) is 0 Å². The van der Waals surface area contributed by atoms with Gasteiger partial charge >= 0.3 is 0 Å². The minimum Gasteiger partial charge on any atom is -0.294 e. The minimum atomic E-state index is 0.129. The monoisotopic (exact) mass is 202 g/mol. The zero-order valence-corrected chi connectivity index (χ0v) is 9.49. The van der Waals surface area contributed by atoms with Crippen molar-refractivity contribution in [2.45, 2.75) is 26.7 Å². The summed E-state index contributed by atoms with van der Waals surface area (Å²) >= 11 is 0. The molecule has 1 aromatic rings. The van der Waals surface area contributed by atoms with Crippen molar-refractivity contribution in [1.29, 1.82) is 0 Å². The van der Waals surface area contributed by atoms with Crippen LogP contribution in [0.5, 0.6) is 0 Å². The van der Waals surface area contributed by atoms with Gasteiger partial charge in [-0.3, -0.25) is 4.79 Å². The zero-order valence-electron chi connectivity index (χ0n) is 9.49. The van der Waals surface area contributed by atoms with E-state index in [2.05, 4.69) is 13.5 Å². The number of Topliss-reactive ketones (excluding diaryl/α,β-unsaturated/α-hetero) is 1. The van der Waals surface area contributed by atoms with E-state index in [-0.39, 0.29) is 11.7 Å². The molecule has 0 aliphatic carbocycles. The average Bonchev–Trinajstić information content (AvgIpc) is 2.28. The molecule has 1 aromatic carbocycles. The number of rotatable bonds is 5. The van der Waals surface area contributed by atoms with E-state index in [1.54, 1.807) is 6.08 Å². The molecular formula is C14H18O. The Kier molecular flexibility index (Phi) is 4.29. The van der Waals surface area contributed by atoms with Gasteiger partial charge in [0, 0.05) is 11.5 Å². The predicted octanol–water partition coefficient (Wildman–Crippen LogP) is 3.95. The summed E-state index contributed by atoms with van der Waals surface area (Å²) in [4.78, 5) is 11.9. The first kappa shape index (κ1) is 11.7. The van der Waals surface area contributed by atoms with Crippen LogP contribution in [0, 0.1) is 5.92 Å². The first-order valence-electron chi connectivity index (χ1n) is 5.45. The maximum absolute atomic E-state index is 11.9. The Bertz CT molecular complexity index is 335. The van der Waals surface area contributed by atoms with Crippen molar-refractivity contribution < 1.29 is 4.79 Å². The molecule has 0 heterocycles. The summed E-state index contributed by atoms with van der Waals surface area (Å²) in [5, 5.41) is 0. The Labute approximate surface area is 91.8 Å². The number of ketones is 1. The fourth-order valence-electron chi connectivity index (χ4n) is 1.63. The Morgan fingerprint density at radius 2 is 2.00 bits per heavy atom. The van der Waals surface area contributed by atoms with Gasteiger partial charge in [0.15, 0.2) is 5.78 Å². The van der Waals surface area contributed by atoms with E-state index < -0.39 is 0 Å². The molecule has 0 radical (unpaired) electrons. The highest BCUT2D eigenvalue weighted by molar-refractivity contribution is 5.97. The van der Waals surface area contributed by atoms with Crippen LogP contribution in [0.1, 0.15) is 42.6 Å². The van der Waals surface area contributed by atoms with Crippen molar-refractivity contribution in [3.05, 3.63) is 42.0 Å². The predicted molar refractivity (Wildman–Crippen MR) is 64.9 cm³/mol. The molecule has 0 saturated heterocycles. The average molecular weight is 202 g/mol. The number of hydrogen-bond acceptors (Lipinski definition) is 1. The number of carbonyl (C=O) groups excluding carboxylic acids is 1. The van der Waals surface area contributed by atoms with E-state index in [0.717, 1.165) is 24.0 Å². The third-order valence-corrected chi connectivity index (χ3v) is 2.60. The smallest absolute Gasteiger partial charge is 0.165 e. The van der Waals surface area contributed by atoms with Crippen LogP contribution < -0.4 is 0 Å². The SMILES string of the molecule is C=Cc1ccc(C(=O)C(C)CCC)cc1. The normalized spacial score (nSPS) is 12.1. The van der Waals surface area contributed by atoms with Crippen molar-refractivity contribution in [3.8, 4) is 0 Å². The van der Waals surface area contributed by atoms with Crippen molar-refractivity contribution in [3.63, 3.8) is 0 Å². The second-order valence-electron chi connectivity index (χ2n) is 3.88. The second kappa shape index (κ2) is 5.50. The molecular weight excluding hydrogens is 184 g/mol. The van der Waals surface area contributed by atoms with E-state index in [0.29, 0.717) is 0 Å². The van der Waals surface area contributed by atoms with Crippen molar-refractivity contribution in [2.24, 2.45) is 5.92 Å². The van der Waals surface area contributed by atoms with Gasteiger partial charge < -0.3 is 0 Å². The maximum atomic E-state index is 11.9. The van der Waals surface area contributed by atoms with Crippen LogP contribution in [-0.2, 0) is 0 Å². The highest BCUT2D eigenvalue weighted by Gasteiger charge is 2.13. The van der Waals surface area contributed by atoms with Crippen molar-refractivity contribution >= 4 is 11.9 Å². The van der Waals surface area contributed by atoms with Gasteiger partial charge in [-0.1, -0.05) is 57.2 Å². The Morgan fingerprint density at radius 1 is 1.40 bits per heavy atom. The third-order valence-electron chi connectivity index (χ3n) is 2.60. The van der Waals surface area contributed by atoms with Crippen LogP contribution in [0.15, 0.2) is 30.8 Å². The van der Waals surface area contributed by atoms with E-state index in [1.807, 2.05) is 31.2 Å². The summed E-state index contributed by atoms with van der Waals surface area (Å²) in [6, 6.07) is 7.62. The molecule has 15 heavy (non-hydrogen) atoms. The molecule has 0 bridgehead atoms. The van der Waals surface area contributed by atoms with Gasteiger partial charge in [0.1, 0.15) is 0 Å². The van der Waals surface area contributed by atoms with Gasteiger partial charge in [-0.2, -0.15) is 0 Å². The number of carbonyl (C=O) groups is 1. The van der Waals surface area contributed by atoms with Gasteiger partial charge in [0.2, 0.25) is 0 Å². The summed E-state index contributed by atoms with van der Waals surface area (Å²) in [6.45, 7) is 7.78. The van der Waals surface area contributed by atoms with Gasteiger partial charge in [0.25, 0.3) is 0 Å². The quantitative estimate of drug-likeness (QED) is 0.661. The summed E-state index contributed by atoms with van der Waals surface area (Å²) < 4.78 is 0. The molecule has 1 unspecified atom stereocenters. The fraction of sp³-hybridized carbons (Fsp3) is 0.357. The van der Waals surface area contributed by atoms with Gasteiger partial charge in [-0.05, 0) is 12.0 Å². The lowest BCUT2D eigenvalue weighted by atomic mass is 9.95. The molecule has 0 aromatic heterocycles. The summed E-state index contributed by atoms with van der Waals surface area (Å²) in [5.74, 6) is 0.372. The summed E-state index contributed by atoms with van der Waals surface area (Å²) in [6.07, 6.45) is 3.80. The number of benzene rings is 1. The molecule has 0 spiro atoms. The molecule has 0 fully saturated rings. The fourth-order valence-corrected chi connectivity index (χ4v) is 1.63. The van der Waals surface area contributed by atoms with E-state index in [1.165, 1.54) is 0 Å². The summed E-state index contributed by atoms with van der Waals surface area (Å²) in [7, 11) is 0. The lowest BCUT2D eigenvalue weighted by Gasteiger charge is -2.08. The molecule has 0 saturated carbocycles. The Balaban J connectivity index is 2.78. The van der Waals surface area contributed by atoms with Crippen LogP contribution in [-0.4, -0.2) is 5.78 Å². The maximum Gasteiger partial charge on any atom is 0.165 e. The van der Waals surface area contributed by atoms with Crippen LogP contribution in [0.4, 0.5) is 0 Å². The highest BCUT2D eigenvalue weighted by atomic mass is 16.1. The first-order valence-corrected chi connectivity index (χ1v) is 5.45. The van der Waals surface area contributed by atoms with Crippen LogP contribution in [0.2, 0.25) is 0 Å². The first-order chi connectivity index (χ1) is 7.19. The number of hydrogen-bond donors (Lipinski definition) is 0. The Morgan fingerprint density at radius 3 is 2.47 bits per heavy atom. The standard InChI is InChI=1S/C14H18O/c1-4-6-11(3)14(15)13-9-7-12(5-2)8-10-13/h5,7-11H,2,4,6H2,1,3H3. The molecule has 80 valence electrons. The molecule has 1 rings (SSSR count). The largest absolute Gasteiger partial charge is 0.294 e. The molecule has 1 nitrogen and oxygen atoms in total. The minimum absolute atomic E-state index is 0.129. The lowest BCUT2D eigenvalue weighted by molar-refractivity contribution is 0.0923. The van der Waals surface area contributed by atoms with Crippen LogP contribution >= 0.6 is 0 Å². The third kappa shape index (κ3) is 3.05. The zero-order chi connectivity index (χ0) is 11.3. The lowest BCUT2D eigenvalue weighted by Crippen LogP contribution is -2.10. The molecule has 0 aliphatic heterocycles. The molecule has 0 amide bonds. The van der Waals surface area contributed by atoms with E-state index in [9.17, 15) is 4.79 Å². The summed E-state index contributed by atoms with van der Waals surface area (Å²) in [5.41, 5.74) is 1.86. The van der Waals surface area contributed by atoms with E-state index >= 15 is 0 Å². The van der Waals surface area contributed by atoms with Crippen LogP contribution in [0.25, 0.3) is 6.08 Å². The van der Waals surface area contributed by atoms with Gasteiger partial charge in [0.05, 0.1) is 0 Å². The molecule has 1 heteroatoms. The van der Waals surface area contributed by atoms with Crippen molar-refractivity contribution in [1.82, 2.24) is 0 Å². The van der Waals surface area contributed by atoms with Gasteiger partial charge in [-0.25, -0.2) is 0 Å². The van der Waals surface area contributed by atoms with Gasteiger partial charge in [-0.15, -0.1) is 0 Å². The topological polar surface area (TPSA) is 17.1 Å². The Hall–Kier alpha value is -1.37. The molecule has 1 atom stereocenters. The highest BCUT2D eigenvalue weighted by Crippen LogP contribution is 2.14.